The van der Waals surface area contributed by atoms with Gasteiger partial charge in [-0.15, -0.1) is 0 Å². The van der Waals surface area contributed by atoms with Gasteiger partial charge in [-0.1, -0.05) is 29.8 Å². The van der Waals surface area contributed by atoms with Crippen LogP contribution in [0.1, 0.15) is 28.6 Å². The van der Waals surface area contributed by atoms with Crippen molar-refractivity contribution in [2.45, 2.75) is 19.4 Å². The van der Waals surface area contributed by atoms with Crippen molar-refractivity contribution in [3.05, 3.63) is 59.5 Å². The standard InChI is InChI=1S/C20H22N4O5/c1-13-5-7-14(8-6-13)20(2)18(27)24(19(28)23-20)12-16(25)21-9-10-22-17(26)15-4-3-11-29-15/h3-8,11H,9-10,12H2,1-2H3,(H,21,25)(H,22,26)(H,23,28). The average molecular weight is 398 g/mol. The molecule has 1 saturated heterocycles. The molecule has 152 valence electrons. The van der Waals surface area contributed by atoms with Crippen LogP contribution in [-0.4, -0.2) is 48.3 Å². The molecule has 0 radical (unpaired) electrons. The number of carbonyl (C=O) groups excluding carboxylic acids is 4. The Balaban J connectivity index is 1.51. The number of amides is 5. The number of hydrogen-bond acceptors (Lipinski definition) is 5. The predicted octanol–water partition coefficient (Wildman–Crippen LogP) is 0.901. The number of benzene rings is 1. The highest BCUT2D eigenvalue weighted by molar-refractivity contribution is 6.09. The lowest BCUT2D eigenvalue weighted by molar-refractivity contribution is -0.134. The Morgan fingerprint density at radius 3 is 2.45 bits per heavy atom. The van der Waals surface area contributed by atoms with Crippen molar-refractivity contribution >= 4 is 23.8 Å². The molecule has 5 amide bonds. The third-order valence-electron chi connectivity index (χ3n) is 4.68. The summed E-state index contributed by atoms with van der Waals surface area (Å²) >= 11 is 0. The van der Waals surface area contributed by atoms with Gasteiger partial charge in [-0.05, 0) is 31.5 Å². The summed E-state index contributed by atoms with van der Waals surface area (Å²) in [6, 6.07) is 9.76. The summed E-state index contributed by atoms with van der Waals surface area (Å²) in [4.78, 5) is 49.8. The Morgan fingerprint density at radius 2 is 1.79 bits per heavy atom. The van der Waals surface area contributed by atoms with Crippen LogP contribution >= 0.6 is 0 Å². The van der Waals surface area contributed by atoms with Crippen molar-refractivity contribution in [1.29, 1.82) is 0 Å². The molecule has 2 aromatic rings. The molecule has 29 heavy (non-hydrogen) atoms. The van der Waals surface area contributed by atoms with Crippen LogP contribution in [0.15, 0.2) is 47.1 Å². The van der Waals surface area contributed by atoms with E-state index >= 15 is 0 Å². The molecular formula is C20H22N4O5. The maximum Gasteiger partial charge on any atom is 0.325 e. The first-order valence-corrected chi connectivity index (χ1v) is 9.11. The largest absolute Gasteiger partial charge is 0.459 e. The second-order valence-corrected chi connectivity index (χ2v) is 6.90. The Morgan fingerprint density at radius 1 is 1.10 bits per heavy atom. The topological polar surface area (TPSA) is 121 Å². The normalized spacial score (nSPS) is 18.5. The number of aryl methyl sites for hydroxylation is 1. The van der Waals surface area contributed by atoms with Crippen molar-refractivity contribution in [1.82, 2.24) is 20.9 Å². The van der Waals surface area contributed by atoms with Crippen LogP contribution in [0.5, 0.6) is 0 Å². The molecule has 0 spiro atoms. The first-order chi connectivity index (χ1) is 13.8. The Kier molecular flexibility index (Phi) is 5.67. The van der Waals surface area contributed by atoms with Crippen molar-refractivity contribution in [2.24, 2.45) is 0 Å². The van der Waals surface area contributed by atoms with E-state index < -0.39 is 35.8 Å². The van der Waals surface area contributed by atoms with Gasteiger partial charge < -0.3 is 20.4 Å². The first kappa shape index (κ1) is 20.1. The van der Waals surface area contributed by atoms with Crippen LogP contribution < -0.4 is 16.0 Å². The van der Waals surface area contributed by atoms with Gasteiger partial charge >= 0.3 is 6.03 Å². The van der Waals surface area contributed by atoms with Crippen LogP contribution in [0.4, 0.5) is 4.79 Å². The van der Waals surface area contributed by atoms with E-state index in [1.54, 1.807) is 25.1 Å². The number of nitrogens with zero attached hydrogens (tertiary/aromatic N) is 1. The predicted molar refractivity (Wildman–Crippen MR) is 103 cm³/mol. The molecule has 1 aromatic heterocycles. The fraction of sp³-hybridized carbons (Fsp3) is 0.300. The lowest BCUT2D eigenvalue weighted by Crippen LogP contribution is -2.44. The van der Waals surface area contributed by atoms with E-state index in [0.717, 1.165) is 10.5 Å². The molecule has 1 unspecified atom stereocenters. The van der Waals surface area contributed by atoms with Crippen LogP contribution in [0.3, 0.4) is 0 Å². The minimum absolute atomic E-state index is 0.143. The van der Waals surface area contributed by atoms with E-state index in [2.05, 4.69) is 16.0 Å². The second-order valence-electron chi connectivity index (χ2n) is 6.90. The SMILES string of the molecule is Cc1ccc(C2(C)NC(=O)N(CC(=O)NCCNC(=O)c3ccco3)C2=O)cc1. The number of carbonyl (C=O) groups is 4. The summed E-state index contributed by atoms with van der Waals surface area (Å²) < 4.78 is 4.96. The molecular weight excluding hydrogens is 376 g/mol. The zero-order valence-corrected chi connectivity index (χ0v) is 16.2. The van der Waals surface area contributed by atoms with Gasteiger partial charge in [-0.3, -0.25) is 19.3 Å². The van der Waals surface area contributed by atoms with Gasteiger partial charge in [0.05, 0.1) is 6.26 Å². The molecule has 2 heterocycles. The molecule has 9 nitrogen and oxygen atoms in total. The fourth-order valence-corrected chi connectivity index (χ4v) is 3.00. The molecule has 0 bridgehead atoms. The van der Waals surface area contributed by atoms with E-state index in [1.165, 1.54) is 12.3 Å². The maximum absolute atomic E-state index is 12.8. The molecule has 1 fully saturated rings. The average Bonchev–Trinajstić information content (AvgIpc) is 3.30. The number of nitrogens with one attached hydrogen (secondary N) is 3. The number of furan rings is 1. The number of rotatable bonds is 7. The monoisotopic (exact) mass is 398 g/mol. The summed E-state index contributed by atoms with van der Waals surface area (Å²) in [6.07, 6.45) is 1.39. The molecule has 3 N–H and O–H groups in total. The lowest BCUT2D eigenvalue weighted by atomic mass is 9.91. The Hall–Kier alpha value is -3.62. The number of hydrogen-bond donors (Lipinski definition) is 3. The van der Waals surface area contributed by atoms with Gasteiger partial charge in [0, 0.05) is 13.1 Å². The van der Waals surface area contributed by atoms with Crippen molar-refractivity contribution < 1.29 is 23.6 Å². The summed E-state index contributed by atoms with van der Waals surface area (Å²) in [5.41, 5.74) is 0.455. The van der Waals surface area contributed by atoms with Crippen molar-refractivity contribution in [3.8, 4) is 0 Å². The maximum atomic E-state index is 12.8. The Bertz CT molecular complexity index is 923. The minimum atomic E-state index is -1.22. The molecule has 0 saturated carbocycles. The van der Waals surface area contributed by atoms with Crippen LogP contribution in [0.25, 0.3) is 0 Å². The van der Waals surface area contributed by atoms with Crippen LogP contribution in [-0.2, 0) is 15.1 Å². The van der Waals surface area contributed by atoms with E-state index in [1.807, 2.05) is 19.1 Å². The van der Waals surface area contributed by atoms with Gasteiger partial charge in [0.25, 0.3) is 11.8 Å². The molecule has 1 aliphatic heterocycles. The second kappa shape index (κ2) is 8.17. The van der Waals surface area contributed by atoms with Gasteiger partial charge in [-0.2, -0.15) is 0 Å². The molecule has 1 aromatic carbocycles. The quantitative estimate of drug-likeness (QED) is 0.473. The molecule has 3 rings (SSSR count). The van der Waals surface area contributed by atoms with E-state index in [-0.39, 0.29) is 18.8 Å². The van der Waals surface area contributed by atoms with Crippen LogP contribution in [0, 0.1) is 6.92 Å². The molecule has 9 heteroatoms. The third-order valence-corrected chi connectivity index (χ3v) is 4.68. The Labute approximate surface area is 167 Å². The van der Waals surface area contributed by atoms with E-state index in [4.69, 9.17) is 4.42 Å². The molecule has 0 aliphatic carbocycles. The first-order valence-electron chi connectivity index (χ1n) is 9.11. The van der Waals surface area contributed by atoms with Crippen molar-refractivity contribution in [3.63, 3.8) is 0 Å². The zero-order chi connectivity index (χ0) is 21.0. The third kappa shape index (κ3) is 4.29. The summed E-state index contributed by atoms with van der Waals surface area (Å²) in [6.45, 7) is 3.45. The van der Waals surface area contributed by atoms with Crippen LogP contribution in [0.2, 0.25) is 0 Å². The van der Waals surface area contributed by atoms with Gasteiger partial charge in [0.2, 0.25) is 5.91 Å². The molecule has 1 atom stereocenters. The van der Waals surface area contributed by atoms with Crippen molar-refractivity contribution in [2.75, 3.05) is 19.6 Å². The lowest BCUT2D eigenvalue weighted by Gasteiger charge is -2.22. The van der Waals surface area contributed by atoms with E-state index in [9.17, 15) is 19.2 Å². The summed E-state index contributed by atoms with van der Waals surface area (Å²) in [5.74, 6) is -1.22. The number of imide groups is 1. The highest BCUT2D eigenvalue weighted by atomic mass is 16.3. The smallest absolute Gasteiger partial charge is 0.325 e. The summed E-state index contributed by atoms with van der Waals surface area (Å²) in [5, 5.41) is 7.81. The highest BCUT2D eigenvalue weighted by Crippen LogP contribution is 2.28. The summed E-state index contributed by atoms with van der Waals surface area (Å²) in [7, 11) is 0. The van der Waals surface area contributed by atoms with Gasteiger partial charge in [0.1, 0.15) is 12.1 Å². The molecule has 1 aliphatic rings. The van der Waals surface area contributed by atoms with Gasteiger partial charge in [-0.25, -0.2) is 4.79 Å². The minimum Gasteiger partial charge on any atom is -0.459 e. The zero-order valence-electron chi connectivity index (χ0n) is 16.2. The van der Waals surface area contributed by atoms with Gasteiger partial charge in [0.15, 0.2) is 5.76 Å². The van der Waals surface area contributed by atoms with E-state index in [0.29, 0.717) is 5.56 Å². The number of urea groups is 1. The fourth-order valence-electron chi connectivity index (χ4n) is 3.00. The highest BCUT2D eigenvalue weighted by Gasteiger charge is 2.49.